The molecule has 0 saturated heterocycles. The first-order valence-corrected chi connectivity index (χ1v) is 4.76. The second-order valence-corrected chi connectivity index (χ2v) is 4.63. The van der Waals surface area contributed by atoms with Crippen LogP contribution in [0.15, 0.2) is 0 Å². The van der Waals surface area contributed by atoms with E-state index in [1.165, 1.54) is 0 Å². The van der Waals surface area contributed by atoms with Crippen molar-refractivity contribution in [1.29, 1.82) is 0 Å². The van der Waals surface area contributed by atoms with E-state index in [1.807, 2.05) is 0 Å². The van der Waals surface area contributed by atoms with Crippen molar-refractivity contribution in [3.05, 3.63) is 0 Å². The van der Waals surface area contributed by atoms with Gasteiger partial charge < -0.3 is 0 Å². The van der Waals surface area contributed by atoms with E-state index < -0.39 is 24.2 Å². The maximum atomic E-state index is 12.9. The lowest BCUT2D eigenvalue weighted by Crippen LogP contribution is -2.41. The molecule has 0 heterocycles. The Labute approximate surface area is 76.5 Å². The molecule has 13 heavy (non-hydrogen) atoms. The number of halogens is 2. The van der Waals surface area contributed by atoms with Crippen molar-refractivity contribution in [3.8, 4) is 0 Å². The molecule has 0 aromatic carbocycles. The maximum absolute atomic E-state index is 12.9. The Morgan fingerprint density at radius 1 is 1.46 bits per heavy atom. The van der Waals surface area contributed by atoms with Crippen LogP contribution < -0.4 is 0 Å². The van der Waals surface area contributed by atoms with Crippen molar-refractivity contribution in [2.24, 2.45) is 16.7 Å². The number of alkyl halides is 2. The van der Waals surface area contributed by atoms with Crippen molar-refractivity contribution in [1.82, 2.24) is 0 Å². The summed E-state index contributed by atoms with van der Waals surface area (Å²) in [6, 6.07) is 0. The van der Waals surface area contributed by atoms with Crippen LogP contribution in [0.2, 0.25) is 0 Å². The van der Waals surface area contributed by atoms with Gasteiger partial charge in [-0.3, -0.25) is 9.18 Å². The molecule has 1 nitrogen and oxygen atoms in total. The maximum Gasteiger partial charge on any atom is 0.142 e. The van der Waals surface area contributed by atoms with Gasteiger partial charge in [0.25, 0.3) is 0 Å². The van der Waals surface area contributed by atoms with Crippen LogP contribution in [0.4, 0.5) is 8.78 Å². The summed E-state index contributed by atoms with van der Waals surface area (Å²) in [5, 5.41) is 0. The summed E-state index contributed by atoms with van der Waals surface area (Å²) in [5.74, 6) is 0.0344. The molecule has 0 radical (unpaired) electrons. The lowest BCUT2D eigenvalue weighted by atomic mass is 9.69. The highest BCUT2D eigenvalue weighted by molar-refractivity contribution is 5.90. The minimum absolute atomic E-state index is 0.0496. The minimum atomic E-state index is -0.966. The van der Waals surface area contributed by atoms with Gasteiger partial charge >= 0.3 is 0 Å². The Morgan fingerprint density at radius 2 is 2.15 bits per heavy atom. The van der Waals surface area contributed by atoms with Crippen LogP contribution in [-0.2, 0) is 4.79 Å². The summed E-state index contributed by atoms with van der Waals surface area (Å²) < 4.78 is 25.8. The summed E-state index contributed by atoms with van der Waals surface area (Å²) in [6.45, 7) is 0.491. The van der Waals surface area contributed by atoms with Crippen molar-refractivity contribution in [2.45, 2.75) is 26.2 Å². The van der Waals surface area contributed by atoms with Crippen LogP contribution in [0.25, 0.3) is 0 Å². The Morgan fingerprint density at radius 3 is 2.54 bits per heavy atom. The van der Waals surface area contributed by atoms with Crippen molar-refractivity contribution in [2.75, 3.05) is 13.3 Å². The van der Waals surface area contributed by atoms with E-state index in [-0.39, 0.29) is 11.7 Å². The molecule has 0 amide bonds. The predicted molar refractivity (Wildman–Crippen MR) is 44.8 cm³/mol. The zero-order valence-corrected chi connectivity index (χ0v) is 7.78. The lowest BCUT2D eigenvalue weighted by Gasteiger charge is -2.34. The summed E-state index contributed by atoms with van der Waals surface area (Å²) in [6.07, 6.45) is 1.76. The monoisotopic (exact) mass is 188 g/mol. The Bertz CT molecular complexity index is 253. The summed E-state index contributed by atoms with van der Waals surface area (Å²) in [5.41, 5.74) is -1.68. The van der Waals surface area contributed by atoms with Crippen molar-refractivity contribution >= 4 is 5.78 Å². The molecular formula is C10H14F2O. The van der Waals surface area contributed by atoms with Crippen LogP contribution in [0.1, 0.15) is 26.2 Å². The smallest absolute Gasteiger partial charge is 0.142 e. The molecule has 2 saturated carbocycles. The third-order valence-electron chi connectivity index (χ3n) is 4.39. The van der Waals surface area contributed by atoms with E-state index in [0.717, 1.165) is 6.42 Å². The highest BCUT2D eigenvalue weighted by Crippen LogP contribution is 2.64. The first kappa shape index (κ1) is 9.10. The number of hydrogen-bond donors (Lipinski definition) is 0. The second-order valence-electron chi connectivity index (χ2n) is 4.63. The Balaban J connectivity index is 2.45. The molecule has 0 aromatic rings. The van der Waals surface area contributed by atoms with E-state index in [4.69, 9.17) is 0 Å². The molecule has 2 aliphatic carbocycles. The first-order chi connectivity index (χ1) is 6.10. The highest BCUT2D eigenvalue weighted by atomic mass is 19.1. The van der Waals surface area contributed by atoms with Gasteiger partial charge in [0, 0.05) is 11.8 Å². The third-order valence-corrected chi connectivity index (χ3v) is 4.39. The van der Waals surface area contributed by atoms with Gasteiger partial charge in [0.2, 0.25) is 0 Å². The third kappa shape index (κ3) is 0.785. The molecule has 0 aliphatic heterocycles. The van der Waals surface area contributed by atoms with Crippen LogP contribution in [0.5, 0.6) is 0 Å². The molecule has 0 aromatic heterocycles. The quantitative estimate of drug-likeness (QED) is 0.649. The predicted octanol–water partition coefficient (Wildman–Crippen LogP) is 2.30. The fourth-order valence-corrected chi connectivity index (χ4v) is 3.15. The van der Waals surface area contributed by atoms with Gasteiger partial charge in [0.05, 0.1) is 12.1 Å². The fourth-order valence-electron chi connectivity index (χ4n) is 3.15. The van der Waals surface area contributed by atoms with Crippen molar-refractivity contribution in [3.63, 3.8) is 0 Å². The first-order valence-electron chi connectivity index (χ1n) is 4.76. The normalized spacial score (nSPS) is 48.8. The summed E-state index contributed by atoms with van der Waals surface area (Å²) in [7, 11) is 0. The number of Topliss-reactive ketones (excluding diaryl/α,β-unsaturated/α-hetero) is 1. The zero-order chi connectivity index (χ0) is 9.69. The van der Waals surface area contributed by atoms with Gasteiger partial charge in [-0.05, 0) is 18.8 Å². The average Bonchev–Trinajstić information content (AvgIpc) is 2.53. The molecule has 74 valence electrons. The van der Waals surface area contributed by atoms with Gasteiger partial charge in [-0.25, -0.2) is 4.39 Å². The standard InChI is InChI=1S/C10H14F2O/c1-9(5-11)7-2-3-10(9,6-12)8(13)4-7/h7H,2-6H2,1H3/t7-,9-,10+/m0/s1. The molecular weight excluding hydrogens is 174 g/mol. The number of ketones is 1. The van der Waals surface area contributed by atoms with E-state index >= 15 is 0 Å². The average molecular weight is 188 g/mol. The summed E-state index contributed by atoms with van der Waals surface area (Å²) in [4.78, 5) is 11.6. The number of fused-ring (bicyclic) bond motifs is 2. The topological polar surface area (TPSA) is 17.1 Å². The van der Waals surface area contributed by atoms with Crippen LogP contribution in [0.3, 0.4) is 0 Å². The number of rotatable bonds is 2. The largest absolute Gasteiger partial charge is 0.299 e. The van der Waals surface area contributed by atoms with E-state index in [1.54, 1.807) is 6.92 Å². The van der Waals surface area contributed by atoms with Gasteiger partial charge in [-0.2, -0.15) is 0 Å². The van der Waals surface area contributed by atoms with Gasteiger partial charge in [-0.1, -0.05) is 6.92 Å². The molecule has 3 heteroatoms. The number of carbonyl (C=O) groups excluding carboxylic acids is 1. The van der Waals surface area contributed by atoms with Crippen molar-refractivity contribution < 1.29 is 13.6 Å². The zero-order valence-electron chi connectivity index (χ0n) is 7.78. The van der Waals surface area contributed by atoms with Gasteiger partial charge in [0.15, 0.2) is 0 Å². The van der Waals surface area contributed by atoms with E-state index in [0.29, 0.717) is 12.8 Å². The van der Waals surface area contributed by atoms with E-state index in [9.17, 15) is 13.6 Å². The van der Waals surface area contributed by atoms with Crippen LogP contribution in [0, 0.1) is 16.7 Å². The minimum Gasteiger partial charge on any atom is -0.299 e. The molecule has 2 aliphatic rings. The van der Waals surface area contributed by atoms with Gasteiger partial charge in [0.1, 0.15) is 12.5 Å². The molecule has 0 N–H and O–H groups in total. The molecule has 2 fully saturated rings. The Hall–Kier alpha value is -0.470. The number of hydrogen-bond acceptors (Lipinski definition) is 1. The Kier molecular flexibility index (Phi) is 1.76. The molecule has 2 rings (SSSR count). The summed E-state index contributed by atoms with van der Waals surface area (Å²) >= 11 is 0. The SMILES string of the molecule is C[C@]1(CF)[C@H]2CC[C@@]1(CF)C(=O)C2. The lowest BCUT2D eigenvalue weighted by molar-refractivity contribution is -0.131. The number of carbonyl (C=O) groups is 1. The molecule has 0 unspecified atom stereocenters. The second kappa shape index (κ2) is 2.52. The molecule has 2 bridgehead atoms. The highest BCUT2D eigenvalue weighted by Gasteiger charge is 2.66. The van der Waals surface area contributed by atoms with E-state index in [2.05, 4.69) is 0 Å². The van der Waals surface area contributed by atoms with Gasteiger partial charge in [-0.15, -0.1) is 0 Å². The van der Waals surface area contributed by atoms with Crippen LogP contribution >= 0.6 is 0 Å². The van der Waals surface area contributed by atoms with Crippen LogP contribution in [-0.4, -0.2) is 19.1 Å². The molecule has 3 atom stereocenters. The fraction of sp³-hybridized carbons (Fsp3) is 0.900. The molecule has 0 spiro atoms.